The van der Waals surface area contributed by atoms with E-state index in [1.54, 1.807) is 17.6 Å². The van der Waals surface area contributed by atoms with Crippen molar-refractivity contribution in [3.63, 3.8) is 0 Å². The number of fused-ring (bicyclic) bond motifs is 3. The lowest BCUT2D eigenvalue weighted by molar-refractivity contribution is -0.117. The van der Waals surface area contributed by atoms with Crippen molar-refractivity contribution in [3.05, 3.63) is 64.4 Å². The second-order valence-corrected chi connectivity index (χ2v) is 6.87. The number of benzene rings is 2. The molecule has 0 aliphatic heterocycles. The van der Waals surface area contributed by atoms with Gasteiger partial charge in [0.05, 0.1) is 5.39 Å². The molecule has 5 rings (SSSR count). The Morgan fingerprint density at radius 1 is 1.08 bits per heavy atom. The van der Waals surface area contributed by atoms with Gasteiger partial charge in [-0.15, -0.1) is 11.3 Å². The van der Waals surface area contributed by atoms with E-state index in [-0.39, 0.29) is 18.0 Å². The number of rotatable bonds is 3. The van der Waals surface area contributed by atoms with Crippen LogP contribution >= 0.6 is 11.3 Å². The van der Waals surface area contributed by atoms with Crippen molar-refractivity contribution in [2.24, 2.45) is 0 Å². The lowest BCUT2D eigenvalue weighted by Gasteiger charge is -2.08. The summed E-state index contributed by atoms with van der Waals surface area (Å²) in [6, 6.07) is 13.6. The average molecular weight is 360 g/mol. The molecule has 7 heteroatoms. The van der Waals surface area contributed by atoms with Crippen molar-refractivity contribution in [1.82, 2.24) is 14.8 Å². The van der Waals surface area contributed by atoms with E-state index < -0.39 is 0 Å². The number of hydrogen-bond acceptors (Lipinski definition) is 5. The smallest absolute Gasteiger partial charge is 0.275 e. The standard InChI is InChI=1S/C19H12N4O2S/c24-15(21-19-20-8-9-26-19)10-23-18(25)14-7-3-6-12-11-4-1-2-5-13(11)17(22-23)16(12)14/h1-9H,10H2,(H,20,21,24). The number of anilines is 1. The Morgan fingerprint density at radius 3 is 2.69 bits per heavy atom. The Labute approximate surface area is 151 Å². The third kappa shape index (κ3) is 2.18. The van der Waals surface area contributed by atoms with E-state index in [1.165, 1.54) is 16.0 Å². The molecule has 1 N–H and O–H groups in total. The summed E-state index contributed by atoms with van der Waals surface area (Å²) < 4.78 is 1.23. The van der Waals surface area contributed by atoms with Gasteiger partial charge in [0.25, 0.3) is 5.56 Å². The molecule has 126 valence electrons. The molecule has 0 unspecified atom stereocenters. The number of nitrogens with one attached hydrogen (secondary N) is 1. The van der Waals surface area contributed by atoms with Crippen LogP contribution in [0, 0.1) is 0 Å². The van der Waals surface area contributed by atoms with E-state index in [0.29, 0.717) is 10.5 Å². The van der Waals surface area contributed by atoms with Gasteiger partial charge in [-0.3, -0.25) is 9.59 Å². The summed E-state index contributed by atoms with van der Waals surface area (Å²) in [7, 11) is 0. The normalized spacial score (nSPS) is 11.5. The van der Waals surface area contributed by atoms with E-state index in [0.717, 1.165) is 27.8 Å². The number of aromatic nitrogens is 3. The van der Waals surface area contributed by atoms with E-state index in [4.69, 9.17) is 0 Å². The molecular formula is C19H12N4O2S. The molecule has 0 bridgehead atoms. The minimum atomic E-state index is -0.330. The van der Waals surface area contributed by atoms with Crippen LogP contribution in [0.25, 0.3) is 33.2 Å². The SMILES string of the molecule is O=C(Cn1nc2c3c(cccc3c1=O)-c1ccccc1-2)Nc1nccs1. The molecule has 26 heavy (non-hydrogen) atoms. The van der Waals surface area contributed by atoms with E-state index in [9.17, 15) is 9.59 Å². The van der Waals surface area contributed by atoms with Crippen LogP contribution in [0.5, 0.6) is 0 Å². The number of carbonyl (C=O) groups is 1. The van der Waals surface area contributed by atoms with Gasteiger partial charge in [0.15, 0.2) is 5.13 Å². The molecule has 0 saturated heterocycles. The largest absolute Gasteiger partial charge is 0.300 e. The van der Waals surface area contributed by atoms with Crippen molar-refractivity contribution in [3.8, 4) is 22.4 Å². The summed E-state index contributed by atoms with van der Waals surface area (Å²) in [4.78, 5) is 29.2. The van der Waals surface area contributed by atoms with Gasteiger partial charge in [-0.2, -0.15) is 5.10 Å². The fourth-order valence-corrected chi connectivity index (χ4v) is 3.91. The van der Waals surface area contributed by atoms with Crippen LogP contribution in [0.4, 0.5) is 5.13 Å². The highest BCUT2D eigenvalue weighted by Crippen LogP contribution is 2.44. The Morgan fingerprint density at radius 2 is 1.88 bits per heavy atom. The number of hydrogen-bond donors (Lipinski definition) is 1. The van der Waals surface area contributed by atoms with Crippen molar-refractivity contribution in [2.45, 2.75) is 6.54 Å². The van der Waals surface area contributed by atoms with Crippen LogP contribution in [0.1, 0.15) is 0 Å². The summed E-state index contributed by atoms with van der Waals surface area (Å²) >= 11 is 1.32. The predicted molar refractivity (Wildman–Crippen MR) is 101 cm³/mol. The molecule has 0 radical (unpaired) electrons. The lowest BCUT2D eigenvalue weighted by Crippen LogP contribution is -2.30. The van der Waals surface area contributed by atoms with Crippen LogP contribution in [0.3, 0.4) is 0 Å². The second kappa shape index (κ2) is 5.60. The second-order valence-electron chi connectivity index (χ2n) is 5.97. The zero-order valence-corrected chi connectivity index (χ0v) is 14.3. The molecule has 2 aromatic heterocycles. The minimum Gasteiger partial charge on any atom is -0.300 e. The Balaban J connectivity index is 1.64. The van der Waals surface area contributed by atoms with Gasteiger partial charge in [-0.25, -0.2) is 9.67 Å². The number of carbonyl (C=O) groups excluding carboxylic acids is 1. The predicted octanol–water partition coefficient (Wildman–Crippen LogP) is 3.14. The fraction of sp³-hybridized carbons (Fsp3) is 0.0526. The van der Waals surface area contributed by atoms with Gasteiger partial charge in [0.2, 0.25) is 5.91 Å². The number of amides is 1. The zero-order valence-electron chi connectivity index (χ0n) is 13.5. The number of thiazole rings is 1. The lowest BCUT2D eigenvalue weighted by atomic mass is 10.0. The van der Waals surface area contributed by atoms with Crippen LogP contribution in [-0.2, 0) is 11.3 Å². The molecule has 1 aliphatic rings. The quantitative estimate of drug-likeness (QED) is 0.536. The topological polar surface area (TPSA) is 76.9 Å². The van der Waals surface area contributed by atoms with Crippen molar-refractivity contribution >= 4 is 33.1 Å². The monoisotopic (exact) mass is 360 g/mol. The first-order valence-electron chi connectivity index (χ1n) is 8.05. The number of nitrogens with zero attached hydrogens (tertiary/aromatic N) is 3. The average Bonchev–Trinajstić information content (AvgIpc) is 3.27. The van der Waals surface area contributed by atoms with Crippen LogP contribution in [0.2, 0.25) is 0 Å². The maximum absolute atomic E-state index is 12.9. The summed E-state index contributed by atoms with van der Waals surface area (Å²) in [6.45, 7) is -0.159. The molecule has 6 nitrogen and oxygen atoms in total. The molecule has 0 fully saturated rings. The third-order valence-corrected chi connectivity index (χ3v) is 5.12. The first-order chi connectivity index (χ1) is 12.7. The highest BCUT2D eigenvalue weighted by molar-refractivity contribution is 7.13. The van der Waals surface area contributed by atoms with Crippen LogP contribution in [0.15, 0.2) is 58.8 Å². The molecular weight excluding hydrogens is 348 g/mol. The molecule has 2 aromatic carbocycles. The van der Waals surface area contributed by atoms with Gasteiger partial charge in [-0.05, 0) is 17.2 Å². The zero-order chi connectivity index (χ0) is 17.7. The van der Waals surface area contributed by atoms with Crippen LogP contribution in [-0.4, -0.2) is 20.7 Å². The third-order valence-electron chi connectivity index (χ3n) is 4.43. The maximum atomic E-state index is 12.9. The Kier molecular flexibility index (Phi) is 3.23. The van der Waals surface area contributed by atoms with Gasteiger partial charge in [0, 0.05) is 22.5 Å². The minimum absolute atomic E-state index is 0.159. The molecule has 4 aromatic rings. The summed E-state index contributed by atoms with van der Waals surface area (Å²) in [5.41, 5.74) is 3.52. The summed E-state index contributed by atoms with van der Waals surface area (Å²) in [5.74, 6) is -0.330. The van der Waals surface area contributed by atoms with E-state index in [2.05, 4.69) is 15.4 Å². The summed E-state index contributed by atoms with van der Waals surface area (Å²) in [6.07, 6.45) is 1.61. The Bertz CT molecular complexity index is 1230. The van der Waals surface area contributed by atoms with Crippen molar-refractivity contribution in [1.29, 1.82) is 0 Å². The maximum Gasteiger partial charge on any atom is 0.275 e. The molecule has 0 saturated carbocycles. The van der Waals surface area contributed by atoms with Gasteiger partial charge in [-0.1, -0.05) is 36.4 Å². The molecule has 1 amide bonds. The van der Waals surface area contributed by atoms with Gasteiger partial charge >= 0.3 is 0 Å². The van der Waals surface area contributed by atoms with Gasteiger partial charge in [0.1, 0.15) is 12.2 Å². The highest BCUT2D eigenvalue weighted by atomic mass is 32.1. The first kappa shape index (κ1) is 15.0. The Hall–Kier alpha value is -3.32. The van der Waals surface area contributed by atoms with Gasteiger partial charge < -0.3 is 5.32 Å². The molecule has 0 spiro atoms. The fourth-order valence-electron chi connectivity index (χ4n) is 3.37. The highest BCUT2D eigenvalue weighted by Gasteiger charge is 2.25. The van der Waals surface area contributed by atoms with E-state index in [1.807, 2.05) is 36.4 Å². The van der Waals surface area contributed by atoms with Crippen molar-refractivity contribution in [2.75, 3.05) is 5.32 Å². The molecule has 1 aliphatic carbocycles. The van der Waals surface area contributed by atoms with Crippen LogP contribution < -0.4 is 10.9 Å². The first-order valence-corrected chi connectivity index (χ1v) is 8.93. The van der Waals surface area contributed by atoms with E-state index >= 15 is 0 Å². The molecule has 2 heterocycles. The molecule has 0 atom stereocenters. The summed E-state index contributed by atoms with van der Waals surface area (Å²) in [5, 5.41) is 10.9. The van der Waals surface area contributed by atoms with Crippen molar-refractivity contribution < 1.29 is 4.79 Å².